The summed E-state index contributed by atoms with van der Waals surface area (Å²) in [4.78, 5) is 10.6. The van der Waals surface area contributed by atoms with Crippen LogP contribution in [0, 0.1) is 6.92 Å². The van der Waals surface area contributed by atoms with Gasteiger partial charge in [0, 0.05) is 12.6 Å². The second kappa shape index (κ2) is 4.81. The lowest BCUT2D eigenvalue weighted by Gasteiger charge is -2.08. The largest absolute Gasteiger partial charge is 0.478 e. The van der Waals surface area contributed by atoms with E-state index in [1.165, 1.54) is 13.0 Å². The first-order chi connectivity index (χ1) is 9.29. The molecule has 2 rings (SSSR count). The molecule has 2 aromatic rings. The molecule has 0 radical (unpaired) electrons. The molecule has 0 unspecified atom stereocenters. The molecule has 1 aromatic heterocycles. The van der Waals surface area contributed by atoms with Gasteiger partial charge in [0.25, 0.3) is 10.0 Å². The van der Waals surface area contributed by atoms with Crippen molar-refractivity contribution in [3.8, 4) is 0 Å². The molecule has 0 saturated carbocycles. The highest BCUT2D eigenvalue weighted by molar-refractivity contribution is 7.92. The van der Waals surface area contributed by atoms with Crippen LogP contribution in [0.1, 0.15) is 16.2 Å². The maximum atomic E-state index is 12.1. The van der Waals surface area contributed by atoms with Crippen LogP contribution in [0.25, 0.3) is 0 Å². The van der Waals surface area contributed by atoms with Gasteiger partial charge in [0.2, 0.25) is 5.89 Å². The van der Waals surface area contributed by atoms with E-state index < -0.39 is 26.5 Å². The maximum Gasteiger partial charge on any atom is 0.337 e. The molecular weight excluding hydrogens is 288 g/mol. The van der Waals surface area contributed by atoms with Crippen molar-refractivity contribution < 1.29 is 22.7 Å². The van der Waals surface area contributed by atoms with E-state index in [0.717, 1.165) is 12.1 Å². The number of nitrogens with one attached hydrogen (secondary N) is 1. The van der Waals surface area contributed by atoms with Gasteiger partial charge >= 0.3 is 12.0 Å². The standard InChI is InChI=1S/C10H10N4O5S/c1-5-12-13-10(19-5)14-20(17,18)8-4-6(11)2-3-7(8)9(15)16/h2-4H,11H2,1H3,(H,13,14)(H,15,16). The molecule has 1 aromatic carbocycles. The third-order valence-electron chi connectivity index (χ3n) is 2.27. The highest BCUT2D eigenvalue weighted by Gasteiger charge is 2.24. The van der Waals surface area contributed by atoms with Gasteiger partial charge in [0.15, 0.2) is 0 Å². The van der Waals surface area contributed by atoms with Crippen molar-refractivity contribution in [3.63, 3.8) is 0 Å². The monoisotopic (exact) mass is 298 g/mol. The van der Waals surface area contributed by atoms with Crippen molar-refractivity contribution in [2.45, 2.75) is 11.8 Å². The van der Waals surface area contributed by atoms with Gasteiger partial charge in [-0.1, -0.05) is 5.10 Å². The first-order valence-corrected chi connectivity index (χ1v) is 6.73. The number of aryl methyl sites for hydroxylation is 1. The highest BCUT2D eigenvalue weighted by Crippen LogP contribution is 2.21. The number of aromatic nitrogens is 2. The quantitative estimate of drug-likeness (QED) is 0.689. The summed E-state index contributed by atoms with van der Waals surface area (Å²) in [6, 6.07) is 3.07. The molecule has 0 aliphatic rings. The topological polar surface area (TPSA) is 148 Å². The van der Waals surface area contributed by atoms with E-state index in [2.05, 4.69) is 10.2 Å². The first kappa shape index (κ1) is 13.8. The second-order valence-electron chi connectivity index (χ2n) is 3.79. The number of sulfonamides is 1. The van der Waals surface area contributed by atoms with Crippen molar-refractivity contribution >= 4 is 27.7 Å². The zero-order valence-electron chi connectivity index (χ0n) is 10.2. The SMILES string of the molecule is Cc1nnc(NS(=O)(=O)c2cc(N)ccc2C(=O)O)o1. The number of carboxylic acids is 1. The van der Waals surface area contributed by atoms with Crippen LogP contribution in [0.4, 0.5) is 11.7 Å². The summed E-state index contributed by atoms with van der Waals surface area (Å²) in [5, 5.41) is 15.9. The molecule has 4 N–H and O–H groups in total. The number of nitrogens with zero attached hydrogens (tertiary/aromatic N) is 2. The number of nitrogen functional groups attached to an aromatic ring is 1. The minimum Gasteiger partial charge on any atom is -0.478 e. The van der Waals surface area contributed by atoms with Crippen molar-refractivity contribution in [2.75, 3.05) is 10.5 Å². The van der Waals surface area contributed by atoms with Gasteiger partial charge in [0.1, 0.15) is 4.90 Å². The van der Waals surface area contributed by atoms with Crippen LogP contribution in [0.15, 0.2) is 27.5 Å². The molecule has 0 spiro atoms. The van der Waals surface area contributed by atoms with Crippen LogP contribution < -0.4 is 10.5 Å². The molecule has 0 atom stereocenters. The summed E-state index contributed by atoms with van der Waals surface area (Å²) < 4.78 is 31.1. The number of anilines is 2. The van der Waals surface area contributed by atoms with Crippen molar-refractivity contribution in [2.24, 2.45) is 0 Å². The van der Waals surface area contributed by atoms with E-state index >= 15 is 0 Å². The van der Waals surface area contributed by atoms with Crippen LogP contribution >= 0.6 is 0 Å². The van der Waals surface area contributed by atoms with E-state index in [0.29, 0.717) is 0 Å². The minimum atomic E-state index is -4.21. The van der Waals surface area contributed by atoms with E-state index in [9.17, 15) is 13.2 Å². The molecule has 10 heteroatoms. The van der Waals surface area contributed by atoms with E-state index in [1.54, 1.807) is 0 Å². The maximum absolute atomic E-state index is 12.1. The summed E-state index contributed by atoms with van der Waals surface area (Å²) in [6.07, 6.45) is 0. The Bertz CT molecular complexity index is 768. The van der Waals surface area contributed by atoms with Crippen molar-refractivity contribution in [1.82, 2.24) is 10.2 Å². The minimum absolute atomic E-state index is 0.108. The molecule has 0 aliphatic carbocycles. The lowest BCUT2D eigenvalue weighted by molar-refractivity contribution is 0.0692. The van der Waals surface area contributed by atoms with Crippen LogP contribution in [0.2, 0.25) is 0 Å². The Balaban J connectivity index is 2.48. The van der Waals surface area contributed by atoms with Gasteiger partial charge in [-0.25, -0.2) is 17.9 Å². The number of benzene rings is 1. The Kier molecular flexibility index (Phi) is 3.32. The second-order valence-corrected chi connectivity index (χ2v) is 5.44. The molecule has 0 amide bonds. The van der Waals surface area contributed by atoms with Crippen LogP contribution in [-0.2, 0) is 10.0 Å². The number of hydrogen-bond acceptors (Lipinski definition) is 7. The van der Waals surface area contributed by atoms with Crippen molar-refractivity contribution in [1.29, 1.82) is 0 Å². The number of aromatic carboxylic acids is 1. The van der Waals surface area contributed by atoms with E-state index in [1.807, 2.05) is 4.72 Å². The predicted octanol–water partition coefficient (Wildman–Crippen LogP) is 0.459. The predicted molar refractivity (Wildman–Crippen MR) is 67.7 cm³/mol. The number of hydrogen-bond donors (Lipinski definition) is 3. The third kappa shape index (κ3) is 2.69. The zero-order chi connectivity index (χ0) is 14.9. The van der Waals surface area contributed by atoms with E-state index in [4.69, 9.17) is 15.3 Å². The Hall–Kier alpha value is -2.62. The van der Waals surface area contributed by atoms with Gasteiger partial charge in [-0.3, -0.25) is 0 Å². The number of rotatable bonds is 4. The van der Waals surface area contributed by atoms with E-state index in [-0.39, 0.29) is 17.6 Å². The fourth-order valence-electron chi connectivity index (χ4n) is 1.45. The van der Waals surface area contributed by atoms with Gasteiger partial charge in [0.05, 0.1) is 5.56 Å². The Morgan fingerprint density at radius 2 is 2.10 bits per heavy atom. The third-order valence-corrected chi connectivity index (χ3v) is 3.63. The highest BCUT2D eigenvalue weighted by atomic mass is 32.2. The van der Waals surface area contributed by atoms with Gasteiger partial charge < -0.3 is 15.3 Å². The van der Waals surface area contributed by atoms with Gasteiger partial charge in [-0.15, -0.1) is 5.10 Å². The molecule has 0 bridgehead atoms. The molecular formula is C10H10N4O5S. The summed E-state index contributed by atoms with van der Waals surface area (Å²) >= 11 is 0. The van der Waals surface area contributed by atoms with Crippen LogP contribution in [0.3, 0.4) is 0 Å². The molecule has 1 heterocycles. The molecule has 20 heavy (non-hydrogen) atoms. The fraction of sp³-hybridized carbons (Fsp3) is 0.100. The first-order valence-electron chi connectivity index (χ1n) is 5.25. The Morgan fingerprint density at radius 3 is 2.65 bits per heavy atom. The van der Waals surface area contributed by atoms with Gasteiger partial charge in [-0.2, -0.15) is 0 Å². The number of carboxylic acid groups (broad SMARTS) is 1. The smallest absolute Gasteiger partial charge is 0.337 e. The fourth-order valence-corrected chi connectivity index (χ4v) is 2.60. The molecule has 0 saturated heterocycles. The summed E-state index contributed by atoms with van der Waals surface area (Å²) in [7, 11) is -4.21. The van der Waals surface area contributed by atoms with Crippen LogP contribution in [0.5, 0.6) is 0 Å². The Morgan fingerprint density at radius 1 is 1.40 bits per heavy atom. The average molecular weight is 298 g/mol. The molecule has 0 aliphatic heterocycles. The van der Waals surface area contributed by atoms with Gasteiger partial charge in [-0.05, 0) is 18.2 Å². The lowest BCUT2D eigenvalue weighted by atomic mass is 10.2. The number of nitrogens with two attached hydrogens (primary N) is 1. The lowest BCUT2D eigenvalue weighted by Crippen LogP contribution is -2.17. The molecule has 0 fully saturated rings. The summed E-state index contributed by atoms with van der Waals surface area (Å²) in [6.45, 7) is 1.48. The van der Waals surface area contributed by atoms with Crippen LogP contribution in [-0.4, -0.2) is 29.7 Å². The normalized spacial score (nSPS) is 11.2. The Labute approximate surface area is 113 Å². The summed E-state index contributed by atoms with van der Waals surface area (Å²) in [5.74, 6) is -1.24. The average Bonchev–Trinajstić information content (AvgIpc) is 2.73. The molecule has 106 valence electrons. The van der Waals surface area contributed by atoms with Crippen molar-refractivity contribution in [3.05, 3.63) is 29.7 Å². The summed E-state index contributed by atoms with van der Waals surface area (Å²) in [5.41, 5.74) is 5.18. The number of carbonyl (C=O) groups is 1. The zero-order valence-corrected chi connectivity index (χ0v) is 11.0. The molecule has 9 nitrogen and oxygen atoms in total.